The molecule has 6 nitrogen and oxygen atoms in total. The maximum atomic E-state index is 12.7. The summed E-state index contributed by atoms with van der Waals surface area (Å²) in [4.78, 5) is -1.53. The number of halogens is 4. The summed E-state index contributed by atoms with van der Waals surface area (Å²) in [6.45, 7) is 4.56. The van der Waals surface area contributed by atoms with Gasteiger partial charge in [0.25, 0.3) is 10.1 Å². The molecule has 0 aromatic heterocycles. The van der Waals surface area contributed by atoms with Crippen LogP contribution in [0.3, 0.4) is 0 Å². The minimum absolute atomic E-state index is 0.0470. The van der Waals surface area contributed by atoms with E-state index in [2.05, 4.69) is 4.18 Å². The van der Waals surface area contributed by atoms with Crippen molar-refractivity contribution in [1.82, 2.24) is 0 Å². The third kappa shape index (κ3) is 7.38. The molecule has 0 aliphatic carbocycles. The molecule has 1 atom stereocenters. The van der Waals surface area contributed by atoms with Gasteiger partial charge in [0.1, 0.15) is 4.90 Å². The predicted molar refractivity (Wildman–Crippen MR) is 92.0 cm³/mol. The van der Waals surface area contributed by atoms with Gasteiger partial charge in [-0.3, -0.25) is 8.75 Å². The lowest BCUT2D eigenvalue weighted by atomic mass is 10.4. The maximum absolute atomic E-state index is 12.7. The third-order valence-electron chi connectivity index (χ3n) is 2.47. The summed E-state index contributed by atoms with van der Waals surface area (Å²) in [5, 5.41) is -0.463. The molecule has 0 heterocycles. The van der Waals surface area contributed by atoms with E-state index < -0.39 is 62.2 Å². The van der Waals surface area contributed by atoms with Crippen molar-refractivity contribution < 1.29 is 39.4 Å². The van der Waals surface area contributed by atoms with E-state index in [9.17, 15) is 26.2 Å². The van der Waals surface area contributed by atoms with E-state index in [0.29, 0.717) is 0 Å². The van der Waals surface area contributed by atoms with Crippen molar-refractivity contribution in [2.45, 2.75) is 42.2 Å². The van der Waals surface area contributed by atoms with E-state index >= 15 is 0 Å². The van der Waals surface area contributed by atoms with Gasteiger partial charge in [-0.15, -0.1) is 0 Å². The highest BCUT2D eigenvalue weighted by molar-refractivity contribution is 8.00. The molecule has 150 valence electrons. The Morgan fingerprint density at radius 1 is 1.31 bits per heavy atom. The van der Waals surface area contributed by atoms with Gasteiger partial charge in [0.2, 0.25) is 0 Å². The Hall–Kier alpha value is -0.290. The fourth-order valence-corrected chi connectivity index (χ4v) is 6.33. The average molecular weight is 457 g/mol. The zero-order chi connectivity index (χ0) is 20.2. The molecule has 1 rings (SSSR count). The van der Waals surface area contributed by atoms with Gasteiger partial charge in [0, 0.05) is 4.90 Å². The molecule has 0 spiro atoms. The van der Waals surface area contributed by atoms with Crippen LogP contribution in [-0.4, -0.2) is 33.0 Å². The van der Waals surface area contributed by atoms with Crippen molar-refractivity contribution in [2.75, 3.05) is 13.0 Å². The van der Waals surface area contributed by atoms with Gasteiger partial charge < -0.3 is 9.05 Å². The van der Waals surface area contributed by atoms with Crippen LogP contribution in [0.25, 0.3) is 0 Å². The van der Waals surface area contributed by atoms with Crippen LogP contribution in [0.1, 0.15) is 20.8 Å². The number of rotatable bonds is 9. The maximum Gasteiger partial charge on any atom is 0.446 e. The first-order valence-corrected chi connectivity index (χ1v) is 11.5. The molecule has 0 saturated carbocycles. The first-order chi connectivity index (χ1) is 11.8. The standard InChI is InChI=1S/C13H17ClF3O6PS2/c1-4-21-24(18,23-9(2)3)8-22-26(19,20)12-10(14)6-5-7-11(12)25-13(15,16)17/h5-7,9H,4,8H2,1-3H3. The lowest BCUT2D eigenvalue weighted by molar-refractivity contribution is -0.0329. The molecule has 1 unspecified atom stereocenters. The van der Waals surface area contributed by atoms with E-state index in [1.165, 1.54) is 13.0 Å². The quantitative estimate of drug-likeness (QED) is 0.284. The Balaban J connectivity index is 3.17. The molecular formula is C13H17ClF3O6PS2. The second-order valence-corrected chi connectivity index (χ2v) is 10.0. The predicted octanol–water partition coefficient (Wildman–Crippen LogP) is 5.27. The Morgan fingerprint density at radius 3 is 2.42 bits per heavy atom. The average Bonchev–Trinajstić information content (AvgIpc) is 2.43. The molecular weight excluding hydrogens is 440 g/mol. The number of thioether (sulfide) groups is 1. The second kappa shape index (κ2) is 9.27. The Labute approximate surface area is 159 Å². The van der Waals surface area contributed by atoms with E-state index in [1.54, 1.807) is 13.8 Å². The van der Waals surface area contributed by atoms with Crippen LogP contribution >= 0.6 is 31.0 Å². The molecule has 1 aromatic rings. The summed E-state index contributed by atoms with van der Waals surface area (Å²) in [6, 6.07) is 3.21. The fraction of sp³-hybridized carbons (Fsp3) is 0.538. The highest BCUT2D eigenvalue weighted by Crippen LogP contribution is 2.50. The molecule has 1 aromatic carbocycles. The summed E-state index contributed by atoms with van der Waals surface area (Å²) in [6.07, 6.45) is -1.56. The monoisotopic (exact) mass is 456 g/mol. The van der Waals surface area contributed by atoms with Crippen LogP contribution in [0, 0.1) is 0 Å². The zero-order valence-electron chi connectivity index (χ0n) is 13.9. The summed E-state index contributed by atoms with van der Waals surface area (Å²) in [5.74, 6) is 0. The van der Waals surface area contributed by atoms with Crippen LogP contribution in [0.2, 0.25) is 5.02 Å². The number of hydrogen-bond donors (Lipinski definition) is 0. The minimum Gasteiger partial charge on any atom is -0.307 e. The molecule has 0 radical (unpaired) electrons. The molecule has 0 amide bonds. The molecule has 0 aliphatic heterocycles. The van der Waals surface area contributed by atoms with Crippen LogP contribution < -0.4 is 0 Å². The highest BCUT2D eigenvalue weighted by Gasteiger charge is 2.36. The summed E-state index contributed by atoms with van der Waals surface area (Å²) in [5.41, 5.74) is -4.74. The van der Waals surface area contributed by atoms with Crippen molar-refractivity contribution in [3.63, 3.8) is 0 Å². The smallest absolute Gasteiger partial charge is 0.307 e. The highest BCUT2D eigenvalue weighted by atomic mass is 35.5. The van der Waals surface area contributed by atoms with Crippen molar-refractivity contribution >= 4 is 41.1 Å². The van der Waals surface area contributed by atoms with Crippen molar-refractivity contribution in [3.05, 3.63) is 23.2 Å². The minimum atomic E-state index is -4.77. The van der Waals surface area contributed by atoms with Crippen molar-refractivity contribution in [3.8, 4) is 0 Å². The lowest BCUT2D eigenvalue weighted by Gasteiger charge is -2.20. The Kier molecular flexibility index (Phi) is 8.47. The van der Waals surface area contributed by atoms with E-state index in [0.717, 1.165) is 12.1 Å². The third-order valence-corrected chi connectivity index (χ3v) is 7.20. The number of benzene rings is 1. The fourth-order valence-electron chi connectivity index (χ4n) is 1.75. The molecule has 0 saturated heterocycles. The normalized spacial score (nSPS) is 15.2. The molecule has 0 bridgehead atoms. The second-order valence-electron chi connectivity index (χ2n) is 5.00. The van der Waals surface area contributed by atoms with Crippen LogP contribution in [0.5, 0.6) is 0 Å². The van der Waals surface area contributed by atoms with Crippen LogP contribution in [0.15, 0.2) is 28.0 Å². The largest absolute Gasteiger partial charge is 0.446 e. The topological polar surface area (TPSA) is 78.9 Å². The van der Waals surface area contributed by atoms with Gasteiger partial charge >= 0.3 is 13.1 Å². The van der Waals surface area contributed by atoms with E-state index in [-0.39, 0.29) is 6.61 Å². The summed E-state index contributed by atoms with van der Waals surface area (Å²) >= 11 is 5.11. The Morgan fingerprint density at radius 2 is 1.92 bits per heavy atom. The summed E-state index contributed by atoms with van der Waals surface area (Å²) in [7, 11) is -8.70. The zero-order valence-corrected chi connectivity index (χ0v) is 17.2. The SMILES string of the molecule is CCOP(=O)(COS(=O)(=O)c1c(Cl)cccc1SC(F)(F)F)OC(C)C. The number of hydrogen-bond acceptors (Lipinski definition) is 7. The first-order valence-electron chi connectivity index (χ1n) is 7.15. The van der Waals surface area contributed by atoms with Crippen molar-refractivity contribution in [1.29, 1.82) is 0 Å². The lowest BCUT2D eigenvalue weighted by Crippen LogP contribution is -2.14. The molecule has 0 N–H and O–H groups in total. The van der Waals surface area contributed by atoms with E-state index in [1.807, 2.05) is 0 Å². The van der Waals surface area contributed by atoms with Gasteiger partial charge in [0.05, 0.1) is 17.7 Å². The van der Waals surface area contributed by atoms with Gasteiger partial charge in [-0.1, -0.05) is 17.7 Å². The van der Waals surface area contributed by atoms with Crippen LogP contribution in [0.4, 0.5) is 13.2 Å². The molecule has 13 heteroatoms. The first kappa shape index (κ1) is 23.7. The Bertz CT molecular complexity index is 770. The van der Waals surface area contributed by atoms with Crippen LogP contribution in [-0.2, 0) is 27.9 Å². The van der Waals surface area contributed by atoms with Gasteiger partial charge in [0.15, 0.2) is 6.35 Å². The molecule has 0 fully saturated rings. The van der Waals surface area contributed by atoms with Crippen molar-refractivity contribution in [2.24, 2.45) is 0 Å². The number of alkyl halides is 3. The van der Waals surface area contributed by atoms with Gasteiger partial charge in [-0.05, 0) is 44.7 Å². The van der Waals surface area contributed by atoms with E-state index in [4.69, 9.17) is 20.6 Å². The summed E-state index contributed by atoms with van der Waals surface area (Å²) < 4.78 is 89.9. The van der Waals surface area contributed by atoms with Gasteiger partial charge in [-0.25, -0.2) is 0 Å². The molecule has 0 aliphatic rings. The van der Waals surface area contributed by atoms with Gasteiger partial charge in [-0.2, -0.15) is 21.6 Å². The molecule has 26 heavy (non-hydrogen) atoms.